The van der Waals surface area contributed by atoms with Gasteiger partial charge in [-0.25, -0.2) is 9.59 Å². The number of carboxylic acids is 2. The van der Waals surface area contributed by atoms with Crippen LogP contribution in [0.5, 0.6) is 0 Å². The molecule has 0 bridgehead atoms. The van der Waals surface area contributed by atoms with Gasteiger partial charge in [0.2, 0.25) is 5.91 Å². The molecule has 1 aromatic rings. The van der Waals surface area contributed by atoms with Crippen LogP contribution in [-0.2, 0) is 16.0 Å². The Morgan fingerprint density at radius 1 is 1.22 bits per heavy atom. The molecule has 96 valence electrons. The first-order chi connectivity index (χ1) is 8.41. The molecule has 0 heterocycles. The third-order valence-corrected chi connectivity index (χ3v) is 2.35. The van der Waals surface area contributed by atoms with E-state index in [0.29, 0.717) is 5.56 Å². The first-order valence-electron chi connectivity index (χ1n) is 5.23. The number of benzene rings is 1. The molecule has 6 nitrogen and oxygen atoms in total. The number of carbonyl (C=O) groups is 3. The molecule has 1 aromatic carbocycles. The first kappa shape index (κ1) is 13.7. The number of rotatable bonds is 5. The van der Waals surface area contributed by atoms with Gasteiger partial charge in [-0.3, -0.25) is 4.79 Å². The predicted octanol–water partition coefficient (Wildman–Crippen LogP) is 0.517. The minimum Gasteiger partial charge on any atom is -0.480 e. The summed E-state index contributed by atoms with van der Waals surface area (Å²) in [6, 6.07) is 4.96. The summed E-state index contributed by atoms with van der Waals surface area (Å²) in [5, 5.41) is 20.2. The second-order valence-corrected chi connectivity index (χ2v) is 3.76. The van der Waals surface area contributed by atoms with Crippen LogP contribution < -0.4 is 5.32 Å². The van der Waals surface area contributed by atoms with Gasteiger partial charge >= 0.3 is 11.9 Å². The van der Waals surface area contributed by atoms with Crippen LogP contribution in [0.25, 0.3) is 0 Å². The fourth-order valence-corrected chi connectivity index (χ4v) is 1.57. The van der Waals surface area contributed by atoms with E-state index in [1.165, 1.54) is 19.1 Å². The van der Waals surface area contributed by atoms with Gasteiger partial charge < -0.3 is 15.5 Å². The molecule has 0 radical (unpaired) electrons. The van der Waals surface area contributed by atoms with Gasteiger partial charge in [-0.05, 0) is 11.6 Å². The maximum absolute atomic E-state index is 11.0. The zero-order valence-electron chi connectivity index (χ0n) is 9.71. The molecule has 0 spiro atoms. The quantitative estimate of drug-likeness (QED) is 0.707. The topological polar surface area (TPSA) is 104 Å². The zero-order chi connectivity index (χ0) is 13.7. The van der Waals surface area contributed by atoms with Crippen molar-refractivity contribution in [2.75, 3.05) is 0 Å². The molecule has 1 atom stereocenters. The van der Waals surface area contributed by atoms with E-state index in [0.717, 1.165) is 0 Å². The van der Waals surface area contributed by atoms with Crippen molar-refractivity contribution in [3.05, 3.63) is 35.4 Å². The van der Waals surface area contributed by atoms with E-state index in [4.69, 9.17) is 10.2 Å². The highest BCUT2D eigenvalue weighted by molar-refractivity contribution is 5.90. The smallest absolute Gasteiger partial charge is 0.335 e. The average Bonchev–Trinajstić information content (AvgIpc) is 2.27. The third kappa shape index (κ3) is 3.58. The number of carbonyl (C=O) groups excluding carboxylic acids is 1. The van der Waals surface area contributed by atoms with E-state index < -0.39 is 23.9 Å². The maximum atomic E-state index is 11.0. The van der Waals surface area contributed by atoms with Gasteiger partial charge in [-0.1, -0.05) is 18.2 Å². The van der Waals surface area contributed by atoms with Crippen molar-refractivity contribution in [1.82, 2.24) is 5.32 Å². The molecule has 0 aromatic heterocycles. The van der Waals surface area contributed by atoms with Crippen molar-refractivity contribution >= 4 is 17.8 Å². The Hall–Kier alpha value is -2.37. The molecular formula is C12H13NO5. The minimum atomic E-state index is -1.20. The van der Waals surface area contributed by atoms with Gasteiger partial charge in [0.05, 0.1) is 5.56 Å². The van der Waals surface area contributed by atoms with Crippen molar-refractivity contribution in [2.45, 2.75) is 19.4 Å². The average molecular weight is 251 g/mol. The fourth-order valence-electron chi connectivity index (χ4n) is 1.57. The maximum Gasteiger partial charge on any atom is 0.335 e. The summed E-state index contributed by atoms with van der Waals surface area (Å²) in [5.74, 6) is -2.81. The lowest BCUT2D eigenvalue weighted by molar-refractivity contribution is -0.141. The highest BCUT2D eigenvalue weighted by Gasteiger charge is 2.21. The van der Waals surface area contributed by atoms with Crippen LogP contribution in [0.3, 0.4) is 0 Å². The Kier molecular flexibility index (Phi) is 4.42. The lowest BCUT2D eigenvalue weighted by Gasteiger charge is -2.14. The van der Waals surface area contributed by atoms with E-state index in [-0.39, 0.29) is 12.0 Å². The van der Waals surface area contributed by atoms with Gasteiger partial charge in [0.15, 0.2) is 0 Å². The van der Waals surface area contributed by atoms with E-state index in [2.05, 4.69) is 5.32 Å². The number of carboxylic acid groups (broad SMARTS) is 2. The highest BCUT2D eigenvalue weighted by Crippen LogP contribution is 2.11. The molecule has 18 heavy (non-hydrogen) atoms. The number of nitrogens with one attached hydrogen (secondary N) is 1. The van der Waals surface area contributed by atoms with Crippen molar-refractivity contribution in [3.8, 4) is 0 Å². The van der Waals surface area contributed by atoms with Gasteiger partial charge in [0.25, 0.3) is 0 Å². The largest absolute Gasteiger partial charge is 0.480 e. The van der Waals surface area contributed by atoms with Crippen LogP contribution in [-0.4, -0.2) is 34.1 Å². The van der Waals surface area contributed by atoms with Crippen LogP contribution in [0, 0.1) is 0 Å². The SMILES string of the molecule is CC(=O)N[C@@H](Cc1ccccc1C(=O)O)C(=O)O. The molecule has 0 aliphatic carbocycles. The van der Waals surface area contributed by atoms with Crippen molar-refractivity contribution in [1.29, 1.82) is 0 Å². The number of amides is 1. The predicted molar refractivity (Wildman–Crippen MR) is 62.3 cm³/mol. The van der Waals surface area contributed by atoms with E-state index >= 15 is 0 Å². The molecule has 1 rings (SSSR count). The van der Waals surface area contributed by atoms with Crippen LogP contribution >= 0.6 is 0 Å². The monoisotopic (exact) mass is 251 g/mol. The number of hydrogen-bond acceptors (Lipinski definition) is 3. The summed E-state index contributed by atoms with van der Waals surface area (Å²) >= 11 is 0. The Labute approximate surface area is 103 Å². The van der Waals surface area contributed by atoms with Crippen molar-refractivity contribution in [3.63, 3.8) is 0 Å². The first-order valence-corrected chi connectivity index (χ1v) is 5.23. The Bertz CT molecular complexity index is 483. The third-order valence-electron chi connectivity index (χ3n) is 2.35. The molecule has 0 saturated heterocycles. The van der Waals surface area contributed by atoms with E-state index in [9.17, 15) is 14.4 Å². The van der Waals surface area contributed by atoms with Crippen molar-refractivity contribution in [2.24, 2.45) is 0 Å². The second-order valence-electron chi connectivity index (χ2n) is 3.76. The standard InChI is InChI=1S/C12H13NO5/c1-7(14)13-10(12(17)18)6-8-4-2-3-5-9(8)11(15)16/h2-5,10H,6H2,1H3,(H,13,14)(H,15,16)(H,17,18)/t10-/m0/s1. The van der Waals surface area contributed by atoms with Crippen LogP contribution in [0.1, 0.15) is 22.8 Å². The summed E-state index contributed by atoms with van der Waals surface area (Å²) in [4.78, 5) is 32.8. The molecular weight excluding hydrogens is 238 g/mol. The molecule has 1 amide bonds. The van der Waals surface area contributed by atoms with Gasteiger partial charge in [0, 0.05) is 13.3 Å². The Balaban J connectivity index is 2.97. The lowest BCUT2D eigenvalue weighted by Crippen LogP contribution is -2.41. The van der Waals surface area contributed by atoms with Crippen LogP contribution in [0.2, 0.25) is 0 Å². The Morgan fingerprint density at radius 2 is 1.83 bits per heavy atom. The summed E-state index contributed by atoms with van der Waals surface area (Å²) in [6.07, 6.45) is -0.0720. The summed E-state index contributed by atoms with van der Waals surface area (Å²) in [5.41, 5.74) is 0.403. The molecule has 6 heteroatoms. The van der Waals surface area contributed by atoms with Gasteiger partial charge in [-0.15, -0.1) is 0 Å². The van der Waals surface area contributed by atoms with Crippen molar-refractivity contribution < 1.29 is 24.6 Å². The second kappa shape index (κ2) is 5.81. The molecule has 0 aliphatic rings. The molecule has 3 N–H and O–H groups in total. The van der Waals surface area contributed by atoms with Crippen LogP contribution in [0.15, 0.2) is 24.3 Å². The van der Waals surface area contributed by atoms with E-state index in [1.807, 2.05) is 0 Å². The number of aliphatic carboxylic acids is 1. The number of aromatic carboxylic acids is 1. The van der Waals surface area contributed by atoms with Gasteiger partial charge in [-0.2, -0.15) is 0 Å². The summed E-state index contributed by atoms with van der Waals surface area (Å²) < 4.78 is 0. The summed E-state index contributed by atoms with van der Waals surface area (Å²) in [7, 11) is 0. The lowest BCUT2D eigenvalue weighted by atomic mass is 10.00. The van der Waals surface area contributed by atoms with Gasteiger partial charge in [0.1, 0.15) is 6.04 Å². The fraction of sp³-hybridized carbons (Fsp3) is 0.250. The van der Waals surface area contributed by atoms with Crippen LogP contribution in [0.4, 0.5) is 0 Å². The highest BCUT2D eigenvalue weighted by atomic mass is 16.4. The molecule has 0 unspecified atom stereocenters. The molecule has 0 saturated carbocycles. The normalized spacial score (nSPS) is 11.6. The Morgan fingerprint density at radius 3 is 2.33 bits per heavy atom. The zero-order valence-corrected chi connectivity index (χ0v) is 9.71. The minimum absolute atomic E-state index is 0.0362. The number of hydrogen-bond donors (Lipinski definition) is 3. The molecule has 0 fully saturated rings. The summed E-state index contributed by atoms with van der Waals surface area (Å²) in [6.45, 7) is 1.21. The molecule has 0 aliphatic heterocycles. The van der Waals surface area contributed by atoms with E-state index in [1.54, 1.807) is 12.1 Å².